The van der Waals surface area contributed by atoms with Crippen molar-refractivity contribution in [3.63, 3.8) is 0 Å². The first-order valence-corrected chi connectivity index (χ1v) is 10.3. The van der Waals surface area contributed by atoms with Crippen LogP contribution in [0.25, 0.3) is 0 Å². The van der Waals surface area contributed by atoms with Crippen LogP contribution in [-0.4, -0.2) is 53.6 Å². The first-order chi connectivity index (χ1) is 14.1. The zero-order chi connectivity index (χ0) is 20.2. The Labute approximate surface area is 171 Å². The van der Waals surface area contributed by atoms with Gasteiger partial charge in [-0.1, -0.05) is 6.07 Å². The maximum atomic E-state index is 13.0. The van der Waals surface area contributed by atoms with Gasteiger partial charge in [-0.25, -0.2) is 9.97 Å². The summed E-state index contributed by atoms with van der Waals surface area (Å²) in [5.74, 6) is 2.38. The van der Waals surface area contributed by atoms with E-state index in [0.717, 1.165) is 50.4 Å². The molecule has 0 aliphatic carbocycles. The number of hydrogen-bond acceptors (Lipinski definition) is 6. The number of carbonyl (C=O) groups excluding carboxylic acids is 1. The number of carbonyl (C=O) groups is 1. The Morgan fingerprint density at radius 1 is 1.34 bits per heavy atom. The van der Waals surface area contributed by atoms with Crippen LogP contribution in [0.2, 0.25) is 0 Å². The number of rotatable bonds is 5. The fraction of sp³-hybridized carbons (Fsp3) is 0.500. The van der Waals surface area contributed by atoms with Crippen molar-refractivity contribution in [1.82, 2.24) is 20.2 Å². The average Bonchev–Trinajstić information content (AvgIpc) is 2.78. The average molecular weight is 396 g/mol. The van der Waals surface area contributed by atoms with Crippen LogP contribution in [0.5, 0.6) is 11.5 Å². The Balaban J connectivity index is 1.41. The molecule has 4 rings (SSSR count). The highest BCUT2D eigenvalue weighted by Gasteiger charge is 2.30. The molecule has 2 aromatic rings. The zero-order valence-corrected chi connectivity index (χ0v) is 17.1. The summed E-state index contributed by atoms with van der Waals surface area (Å²) >= 11 is 0. The third-order valence-electron chi connectivity index (χ3n) is 5.63. The molecular formula is C22H28N4O3. The maximum Gasteiger partial charge on any atom is 0.263 e. The molecule has 2 aliphatic heterocycles. The monoisotopic (exact) mass is 396 g/mol. The van der Waals surface area contributed by atoms with Crippen LogP contribution in [-0.2, 0) is 17.8 Å². The molecule has 29 heavy (non-hydrogen) atoms. The van der Waals surface area contributed by atoms with Crippen molar-refractivity contribution in [3.05, 3.63) is 47.5 Å². The first-order valence-electron chi connectivity index (χ1n) is 10.3. The molecule has 1 saturated heterocycles. The molecule has 0 bridgehead atoms. The number of piperidine rings is 1. The SMILES string of the molecule is COc1cccc(O[C@@H](C)C(=O)N2CCC[C@H](c3ncc4c(n3)CCNC4)C2)c1. The van der Waals surface area contributed by atoms with Gasteiger partial charge in [0.15, 0.2) is 6.10 Å². The summed E-state index contributed by atoms with van der Waals surface area (Å²) in [5, 5.41) is 3.35. The molecule has 0 spiro atoms. The van der Waals surface area contributed by atoms with E-state index in [4.69, 9.17) is 14.5 Å². The van der Waals surface area contributed by atoms with E-state index in [0.29, 0.717) is 18.0 Å². The molecule has 1 amide bonds. The standard InChI is InChI=1S/C22H28N4O3/c1-15(29-19-7-3-6-18(11-19)28-2)22(27)26-10-4-5-16(14-26)21-24-13-17-12-23-9-8-20(17)25-21/h3,6-7,11,13,15-16,23H,4-5,8-10,12,14H2,1-2H3/t15-,16-/m0/s1. The summed E-state index contributed by atoms with van der Waals surface area (Å²) in [6.45, 7) is 4.98. The van der Waals surface area contributed by atoms with Crippen molar-refractivity contribution in [2.75, 3.05) is 26.7 Å². The van der Waals surface area contributed by atoms with Crippen LogP contribution in [0.3, 0.4) is 0 Å². The molecule has 154 valence electrons. The molecule has 1 fully saturated rings. The molecule has 0 saturated carbocycles. The van der Waals surface area contributed by atoms with Gasteiger partial charge in [0, 0.05) is 62.0 Å². The lowest BCUT2D eigenvalue weighted by Gasteiger charge is -2.34. The van der Waals surface area contributed by atoms with E-state index in [1.165, 1.54) is 5.56 Å². The largest absolute Gasteiger partial charge is 0.497 e. The molecule has 7 heteroatoms. The number of likely N-dealkylation sites (tertiary alicyclic amines) is 1. The minimum Gasteiger partial charge on any atom is -0.497 e. The van der Waals surface area contributed by atoms with Crippen LogP contribution >= 0.6 is 0 Å². The molecular weight excluding hydrogens is 368 g/mol. The Kier molecular flexibility index (Phi) is 5.94. The summed E-state index contributed by atoms with van der Waals surface area (Å²) in [7, 11) is 1.61. The number of fused-ring (bicyclic) bond motifs is 1. The molecule has 0 radical (unpaired) electrons. The van der Waals surface area contributed by atoms with Gasteiger partial charge in [-0.2, -0.15) is 0 Å². The van der Waals surface area contributed by atoms with E-state index >= 15 is 0 Å². The molecule has 2 atom stereocenters. The Hall–Kier alpha value is -2.67. The summed E-state index contributed by atoms with van der Waals surface area (Å²) in [6.07, 6.45) is 4.28. The minimum absolute atomic E-state index is 0.000296. The zero-order valence-electron chi connectivity index (χ0n) is 17.1. The van der Waals surface area contributed by atoms with Crippen molar-refractivity contribution < 1.29 is 14.3 Å². The smallest absolute Gasteiger partial charge is 0.263 e. The lowest BCUT2D eigenvalue weighted by molar-refractivity contribution is -0.139. The van der Waals surface area contributed by atoms with Gasteiger partial charge in [0.1, 0.15) is 17.3 Å². The fourth-order valence-corrected chi connectivity index (χ4v) is 4.02. The molecule has 3 heterocycles. The Morgan fingerprint density at radius 2 is 2.21 bits per heavy atom. The van der Waals surface area contributed by atoms with E-state index < -0.39 is 6.10 Å². The number of nitrogens with zero attached hydrogens (tertiary/aromatic N) is 3. The number of hydrogen-bond donors (Lipinski definition) is 1. The number of aromatic nitrogens is 2. The van der Waals surface area contributed by atoms with Gasteiger partial charge in [0.2, 0.25) is 0 Å². The fourth-order valence-electron chi connectivity index (χ4n) is 4.02. The van der Waals surface area contributed by atoms with E-state index in [1.54, 1.807) is 20.1 Å². The van der Waals surface area contributed by atoms with E-state index in [2.05, 4.69) is 10.3 Å². The lowest BCUT2D eigenvalue weighted by Crippen LogP contribution is -2.45. The first kappa shape index (κ1) is 19.6. The van der Waals surface area contributed by atoms with E-state index in [1.807, 2.05) is 29.3 Å². The van der Waals surface area contributed by atoms with Gasteiger partial charge < -0.3 is 19.7 Å². The van der Waals surface area contributed by atoms with Crippen LogP contribution in [0.4, 0.5) is 0 Å². The van der Waals surface area contributed by atoms with Crippen LogP contribution < -0.4 is 14.8 Å². The third-order valence-corrected chi connectivity index (χ3v) is 5.63. The van der Waals surface area contributed by atoms with Crippen molar-refractivity contribution >= 4 is 5.91 Å². The molecule has 0 unspecified atom stereocenters. The third kappa shape index (κ3) is 4.50. The highest BCUT2D eigenvalue weighted by molar-refractivity contribution is 5.81. The van der Waals surface area contributed by atoms with Crippen molar-refractivity contribution in [2.24, 2.45) is 0 Å². The maximum absolute atomic E-state index is 13.0. The summed E-state index contributed by atoms with van der Waals surface area (Å²) in [6, 6.07) is 7.33. The van der Waals surface area contributed by atoms with Gasteiger partial charge in [-0.05, 0) is 31.9 Å². The Morgan fingerprint density at radius 3 is 3.07 bits per heavy atom. The van der Waals surface area contributed by atoms with Gasteiger partial charge in [0.25, 0.3) is 5.91 Å². The van der Waals surface area contributed by atoms with Crippen molar-refractivity contribution in [2.45, 2.75) is 44.8 Å². The second-order valence-corrected chi connectivity index (χ2v) is 7.69. The lowest BCUT2D eigenvalue weighted by atomic mass is 9.96. The molecule has 1 aromatic carbocycles. The Bertz CT molecular complexity index is 873. The van der Waals surface area contributed by atoms with Crippen molar-refractivity contribution in [3.8, 4) is 11.5 Å². The summed E-state index contributed by atoms with van der Waals surface area (Å²) < 4.78 is 11.1. The number of methoxy groups -OCH3 is 1. The van der Waals surface area contributed by atoms with Gasteiger partial charge >= 0.3 is 0 Å². The van der Waals surface area contributed by atoms with Gasteiger partial charge in [-0.3, -0.25) is 4.79 Å². The highest BCUT2D eigenvalue weighted by Crippen LogP contribution is 2.27. The van der Waals surface area contributed by atoms with Crippen molar-refractivity contribution in [1.29, 1.82) is 0 Å². The predicted molar refractivity (Wildman–Crippen MR) is 109 cm³/mol. The summed E-state index contributed by atoms with van der Waals surface area (Å²) in [5.41, 5.74) is 2.33. The molecule has 2 aliphatic rings. The second-order valence-electron chi connectivity index (χ2n) is 7.69. The van der Waals surface area contributed by atoms with Gasteiger partial charge in [-0.15, -0.1) is 0 Å². The number of nitrogens with one attached hydrogen (secondary N) is 1. The molecule has 1 aromatic heterocycles. The van der Waals surface area contributed by atoms with Crippen LogP contribution in [0.15, 0.2) is 30.5 Å². The minimum atomic E-state index is -0.559. The highest BCUT2D eigenvalue weighted by atomic mass is 16.5. The quantitative estimate of drug-likeness (QED) is 0.836. The normalized spacial score (nSPS) is 19.9. The number of amides is 1. The summed E-state index contributed by atoms with van der Waals surface area (Å²) in [4.78, 5) is 24.3. The van der Waals surface area contributed by atoms with Crippen LogP contribution in [0, 0.1) is 0 Å². The van der Waals surface area contributed by atoms with E-state index in [9.17, 15) is 4.79 Å². The molecule has 7 nitrogen and oxygen atoms in total. The second kappa shape index (κ2) is 8.78. The number of benzene rings is 1. The molecule has 1 N–H and O–H groups in total. The predicted octanol–water partition coefficient (Wildman–Crippen LogP) is 2.30. The van der Waals surface area contributed by atoms with Gasteiger partial charge in [0.05, 0.1) is 7.11 Å². The topological polar surface area (TPSA) is 76.6 Å². The number of ether oxygens (including phenoxy) is 2. The van der Waals surface area contributed by atoms with E-state index in [-0.39, 0.29) is 11.8 Å². The van der Waals surface area contributed by atoms with Crippen LogP contribution in [0.1, 0.15) is 42.8 Å².